The normalized spacial score (nSPS) is 17.4. The number of rotatable bonds is 5. The number of likely N-dealkylation sites (N-methyl/N-ethyl adjacent to an activating group) is 1. The maximum Gasteiger partial charge on any atom is 0.313 e. The van der Waals surface area contributed by atoms with Crippen LogP contribution in [0.5, 0.6) is 0 Å². The molecule has 0 saturated carbocycles. The molecule has 6 heteroatoms. The van der Waals surface area contributed by atoms with Crippen molar-refractivity contribution >= 4 is 17.7 Å². The van der Waals surface area contributed by atoms with Crippen LogP contribution in [0.2, 0.25) is 0 Å². The van der Waals surface area contributed by atoms with Gasteiger partial charge < -0.3 is 9.64 Å². The second-order valence-electron chi connectivity index (χ2n) is 4.40. The standard InChI is InChI=1S/C12H20N2O4/c1-3-18-12(17)7-10(15)8-14-6-4-5-13(2)11(16)9-14/h3-9H2,1-2H3. The number of hydrogen-bond acceptors (Lipinski definition) is 5. The van der Waals surface area contributed by atoms with E-state index in [1.807, 2.05) is 0 Å². The Balaban J connectivity index is 2.39. The smallest absolute Gasteiger partial charge is 0.313 e. The minimum absolute atomic E-state index is 0.0106. The Morgan fingerprint density at radius 2 is 2.06 bits per heavy atom. The third-order valence-electron chi connectivity index (χ3n) is 2.80. The Morgan fingerprint density at radius 3 is 2.72 bits per heavy atom. The van der Waals surface area contributed by atoms with Gasteiger partial charge in [-0.3, -0.25) is 19.3 Å². The number of esters is 1. The molecular formula is C12H20N2O4. The third kappa shape index (κ3) is 4.83. The first-order valence-electron chi connectivity index (χ1n) is 6.16. The number of amides is 1. The van der Waals surface area contributed by atoms with Crippen LogP contribution in [0.3, 0.4) is 0 Å². The molecule has 0 spiro atoms. The average Bonchev–Trinajstić information content (AvgIpc) is 2.41. The fourth-order valence-electron chi connectivity index (χ4n) is 1.86. The Hall–Kier alpha value is -1.43. The fourth-order valence-corrected chi connectivity index (χ4v) is 1.86. The predicted octanol–water partition coefficient (Wildman–Crippen LogP) is -0.327. The molecule has 102 valence electrons. The number of ketones is 1. The molecule has 0 aliphatic carbocycles. The summed E-state index contributed by atoms with van der Waals surface area (Å²) in [5.41, 5.74) is 0. The van der Waals surface area contributed by atoms with Crippen molar-refractivity contribution in [1.29, 1.82) is 0 Å². The van der Waals surface area contributed by atoms with Crippen molar-refractivity contribution in [2.45, 2.75) is 19.8 Å². The Bertz CT molecular complexity index is 330. The van der Waals surface area contributed by atoms with E-state index in [9.17, 15) is 14.4 Å². The van der Waals surface area contributed by atoms with Crippen LogP contribution in [0, 0.1) is 0 Å². The molecule has 0 aromatic rings. The molecule has 0 atom stereocenters. The summed E-state index contributed by atoms with van der Waals surface area (Å²) in [5.74, 6) is -0.692. The largest absolute Gasteiger partial charge is 0.466 e. The van der Waals surface area contributed by atoms with Crippen LogP contribution < -0.4 is 0 Å². The molecule has 0 bridgehead atoms. The highest BCUT2D eigenvalue weighted by atomic mass is 16.5. The van der Waals surface area contributed by atoms with Crippen molar-refractivity contribution in [3.05, 3.63) is 0 Å². The van der Waals surface area contributed by atoms with E-state index in [-0.39, 0.29) is 37.8 Å². The van der Waals surface area contributed by atoms with E-state index in [2.05, 4.69) is 0 Å². The van der Waals surface area contributed by atoms with Crippen LogP contribution in [-0.4, -0.2) is 67.3 Å². The zero-order valence-corrected chi connectivity index (χ0v) is 11.0. The number of hydrogen-bond donors (Lipinski definition) is 0. The molecule has 1 saturated heterocycles. The maximum absolute atomic E-state index is 11.6. The minimum atomic E-state index is -0.499. The van der Waals surface area contributed by atoms with Gasteiger partial charge in [0, 0.05) is 20.1 Å². The highest BCUT2D eigenvalue weighted by Gasteiger charge is 2.21. The van der Waals surface area contributed by atoms with Gasteiger partial charge in [0.05, 0.1) is 19.7 Å². The second-order valence-corrected chi connectivity index (χ2v) is 4.40. The summed E-state index contributed by atoms with van der Waals surface area (Å²) >= 11 is 0. The van der Waals surface area contributed by atoms with Gasteiger partial charge in [-0.05, 0) is 13.3 Å². The zero-order valence-electron chi connectivity index (χ0n) is 11.0. The lowest BCUT2D eigenvalue weighted by atomic mass is 10.2. The predicted molar refractivity (Wildman–Crippen MR) is 65.0 cm³/mol. The van der Waals surface area contributed by atoms with Crippen molar-refractivity contribution in [1.82, 2.24) is 9.80 Å². The summed E-state index contributed by atoms with van der Waals surface area (Å²) < 4.78 is 4.71. The number of carbonyl (C=O) groups excluding carboxylic acids is 3. The summed E-state index contributed by atoms with van der Waals surface area (Å²) in [4.78, 5) is 37.8. The summed E-state index contributed by atoms with van der Waals surface area (Å²) in [6.45, 7) is 3.76. The lowest BCUT2D eigenvalue weighted by molar-refractivity contribution is -0.145. The molecule has 1 fully saturated rings. The number of carbonyl (C=O) groups is 3. The van der Waals surface area contributed by atoms with Crippen molar-refractivity contribution in [2.24, 2.45) is 0 Å². The molecule has 0 radical (unpaired) electrons. The van der Waals surface area contributed by atoms with Gasteiger partial charge in [-0.1, -0.05) is 0 Å². The van der Waals surface area contributed by atoms with Gasteiger partial charge in [-0.25, -0.2) is 0 Å². The van der Waals surface area contributed by atoms with Crippen LogP contribution in [0.15, 0.2) is 0 Å². The lowest BCUT2D eigenvalue weighted by Crippen LogP contribution is -2.37. The molecule has 1 rings (SSSR count). The monoisotopic (exact) mass is 256 g/mol. The Kier molecular flexibility index (Phi) is 5.77. The van der Waals surface area contributed by atoms with Gasteiger partial charge >= 0.3 is 5.97 Å². The van der Waals surface area contributed by atoms with E-state index in [1.54, 1.807) is 23.8 Å². The Morgan fingerprint density at radius 1 is 1.33 bits per heavy atom. The van der Waals surface area contributed by atoms with Gasteiger partial charge in [0.2, 0.25) is 5.91 Å². The van der Waals surface area contributed by atoms with Crippen molar-refractivity contribution in [2.75, 3.05) is 39.8 Å². The van der Waals surface area contributed by atoms with E-state index in [0.29, 0.717) is 13.1 Å². The summed E-state index contributed by atoms with van der Waals surface area (Å²) in [7, 11) is 1.76. The average molecular weight is 256 g/mol. The van der Waals surface area contributed by atoms with Gasteiger partial charge in [0.15, 0.2) is 5.78 Å². The van der Waals surface area contributed by atoms with E-state index in [0.717, 1.165) is 6.42 Å². The zero-order chi connectivity index (χ0) is 13.5. The molecule has 6 nitrogen and oxygen atoms in total. The molecule has 1 aliphatic rings. The van der Waals surface area contributed by atoms with Gasteiger partial charge in [0.1, 0.15) is 6.42 Å². The van der Waals surface area contributed by atoms with Crippen molar-refractivity contribution in [3.8, 4) is 0 Å². The second kappa shape index (κ2) is 7.10. The van der Waals surface area contributed by atoms with Crippen LogP contribution >= 0.6 is 0 Å². The summed E-state index contributed by atoms with van der Waals surface area (Å²) in [6.07, 6.45) is 0.628. The highest BCUT2D eigenvalue weighted by molar-refractivity contribution is 5.96. The van der Waals surface area contributed by atoms with Gasteiger partial charge in [-0.15, -0.1) is 0 Å². The lowest BCUT2D eigenvalue weighted by Gasteiger charge is -2.18. The van der Waals surface area contributed by atoms with Crippen molar-refractivity contribution in [3.63, 3.8) is 0 Å². The third-order valence-corrected chi connectivity index (χ3v) is 2.80. The first kappa shape index (κ1) is 14.6. The van der Waals surface area contributed by atoms with Gasteiger partial charge in [0.25, 0.3) is 0 Å². The van der Waals surface area contributed by atoms with Crippen LogP contribution in [0.4, 0.5) is 0 Å². The first-order chi connectivity index (χ1) is 8.52. The molecule has 1 heterocycles. The van der Waals surface area contributed by atoms with E-state index >= 15 is 0 Å². The van der Waals surface area contributed by atoms with Crippen LogP contribution in [0.1, 0.15) is 19.8 Å². The topological polar surface area (TPSA) is 66.9 Å². The summed E-state index contributed by atoms with van der Waals surface area (Å²) in [6, 6.07) is 0. The first-order valence-corrected chi connectivity index (χ1v) is 6.16. The number of nitrogens with zero attached hydrogens (tertiary/aromatic N) is 2. The van der Waals surface area contributed by atoms with Crippen LogP contribution in [-0.2, 0) is 19.1 Å². The number of Topliss-reactive ketones (excluding diaryl/α,β-unsaturated/α-hetero) is 1. The van der Waals surface area contributed by atoms with E-state index in [4.69, 9.17) is 4.74 Å². The summed E-state index contributed by atoms with van der Waals surface area (Å²) in [5, 5.41) is 0. The van der Waals surface area contributed by atoms with Crippen molar-refractivity contribution < 1.29 is 19.1 Å². The molecule has 0 unspecified atom stereocenters. The molecule has 0 N–H and O–H groups in total. The van der Waals surface area contributed by atoms with Crippen LogP contribution in [0.25, 0.3) is 0 Å². The fraction of sp³-hybridized carbons (Fsp3) is 0.750. The molecule has 1 amide bonds. The molecule has 1 aliphatic heterocycles. The molecule has 0 aromatic heterocycles. The molecular weight excluding hydrogens is 236 g/mol. The Labute approximate surface area is 107 Å². The SMILES string of the molecule is CCOC(=O)CC(=O)CN1CCCN(C)C(=O)C1. The highest BCUT2D eigenvalue weighted by Crippen LogP contribution is 2.03. The molecule has 0 aromatic carbocycles. The van der Waals surface area contributed by atoms with E-state index in [1.165, 1.54) is 0 Å². The van der Waals surface area contributed by atoms with E-state index < -0.39 is 5.97 Å². The number of ether oxygens (including phenoxy) is 1. The molecule has 18 heavy (non-hydrogen) atoms. The maximum atomic E-state index is 11.6. The minimum Gasteiger partial charge on any atom is -0.466 e. The quantitative estimate of drug-likeness (QED) is 0.498. The van der Waals surface area contributed by atoms with Gasteiger partial charge in [-0.2, -0.15) is 0 Å².